The van der Waals surface area contributed by atoms with Crippen LogP contribution in [0.2, 0.25) is 0 Å². The number of rotatable bonds is 4. The summed E-state index contributed by atoms with van der Waals surface area (Å²) < 4.78 is 26.8. The maximum Gasteiger partial charge on any atom is 0.337 e. The number of carbonyl (C=O) groups is 1. The normalized spacial score (nSPS) is 46.2. The van der Waals surface area contributed by atoms with Gasteiger partial charge >= 0.3 is 5.97 Å². The fourth-order valence-corrected chi connectivity index (χ4v) is 3.91. The number of fused-ring (bicyclic) bond motifs is 1. The first-order chi connectivity index (χ1) is 13.3. The minimum atomic E-state index is -1.60. The van der Waals surface area contributed by atoms with E-state index in [-0.39, 0.29) is 12.0 Å². The third kappa shape index (κ3) is 3.89. The lowest BCUT2D eigenvalue weighted by atomic mass is 9.77. The predicted molar refractivity (Wildman–Crippen MR) is 88.0 cm³/mol. The molecular formula is C17H26O11. The van der Waals surface area contributed by atoms with E-state index >= 15 is 0 Å². The molecule has 0 aromatic heterocycles. The first kappa shape index (κ1) is 21.4. The Morgan fingerprint density at radius 1 is 1.14 bits per heavy atom. The second-order valence-electron chi connectivity index (χ2n) is 7.12. The van der Waals surface area contributed by atoms with Gasteiger partial charge in [0.1, 0.15) is 24.4 Å². The van der Waals surface area contributed by atoms with E-state index in [2.05, 4.69) is 0 Å². The number of methoxy groups -OCH3 is 1. The number of aliphatic hydroxyl groups is 5. The third-order valence-corrected chi connectivity index (χ3v) is 5.41. The average Bonchev–Trinajstić information content (AvgIpc) is 2.67. The van der Waals surface area contributed by atoms with Crippen LogP contribution in [0.3, 0.4) is 0 Å². The van der Waals surface area contributed by atoms with E-state index < -0.39 is 73.8 Å². The van der Waals surface area contributed by atoms with E-state index in [4.69, 9.17) is 23.7 Å². The van der Waals surface area contributed by atoms with Crippen molar-refractivity contribution >= 4 is 5.97 Å². The predicted octanol–water partition coefficient (Wildman–Crippen LogP) is -2.42. The van der Waals surface area contributed by atoms with Crippen LogP contribution in [0, 0.1) is 11.8 Å². The Labute approximate surface area is 161 Å². The molecule has 3 unspecified atom stereocenters. The van der Waals surface area contributed by atoms with Crippen LogP contribution < -0.4 is 0 Å². The summed E-state index contributed by atoms with van der Waals surface area (Å²) in [5, 5.41) is 49.2. The van der Waals surface area contributed by atoms with Crippen molar-refractivity contribution in [1.82, 2.24) is 0 Å². The van der Waals surface area contributed by atoms with Crippen molar-refractivity contribution < 1.29 is 54.0 Å². The topological polar surface area (TPSA) is 164 Å². The maximum absolute atomic E-state index is 12.1. The molecule has 0 saturated carbocycles. The Bertz CT molecular complexity index is 594. The van der Waals surface area contributed by atoms with Gasteiger partial charge in [0.2, 0.25) is 6.29 Å². The van der Waals surface area contributed by atoms with Crippen molar-refractivity contribution in [3.63, 3.8) is 0 Å². The van der Waals surface area contributed by atoms with Crippen LogP contribution >= 0.6 is 0 Å². The number of hydrogen-bond acceptors (Lipinski definition) is 11. The molecule has 0 aromatic rings. The smallest absolute Gasteiger partial charge is 0.337 e. The van der Waals surface area contributed by atoms with Crippen LogP contribution in [0.5, 0.6) is 0 Å². The highest BCUT2D eigenvalue weighted by molar-refractivity contribution is 5.88. The molecule has 28 heavy (non-hydrogen) atoms. The van der Waals surface area contributed by atoms with E-state index in [0.717, 1.165) is 0 Å². The van der Waals surface area contributed by atoms with Crippen molar-refractivity contribution in [2.75, 3.05) is 13.7 Å². The highest BCUT2D eigenvalue weighted by atomic mass is 16.8. The molecule has 2 fully saturated rings. The number of ether oxygens (including phenoxy) is 5. The lowest BCUT2D eigenvalue weighted by Gasteiger charge is -2.47. The quantitative estimate of drug-likeness (QED) is 0.315. The number of hydrogen-bond donors (Lipinski definition) is 5. The minimum Gasteiger partial charge on any atom is -0.471 e. The highest BCUT2D eigenvalue weighted by Gasteiger charge is 2.51. The SMILES string of the molecule is COC(=O)C1=CO[C@@H](O[C@@H]2O[C@H](CO)[C@@H](O)[C@H](O)[C@H]2O)C2C1CC(O)O[C@H]2C. The fraction of sp³-hybridized carbons (Fsp3) is 0.824. The van der Waals surface area contributed by atoms with Crippen molar-refractivity contribution in [2.24, 2.45) is 11.8 Å². The van der Waals surface area contributed by atoms with Gasteiger partial charge < -0.3 is 49.2 Å². The molecule has 3 heterocycles. The van der Waals surface area contributed by atoms with Gasteiger partial charge in [-0.3, -0.25) is 0 Å². The molecule has 0 amide bonds. The van der Waals surface area contributed by atoms with Gasteiger partial charge in [-0.25, -0.2) is 4.79 Å². The summed E-state index contributed by atoms with van der Waals surface area (Å²) in [6.07, 6.45) is -8.71. The molecule has 11 heteroatoms. The zero-order valence-electron chi connectivity index (χ0n) is 15.5. The highest BCUT2D eigenvalue weighted by Crippen LogP contribution is 2.42. The molecule has 0 bridgehead atoms. The van der Waals surface area contributed by atoms with Crippen LogP contribution in [0.25, 0.3) is 0 Å². The lowest BCUT2D eigenvalue weighted by Crippen LogP contribution is -2.61. The van der Waals surface area contributed by atoms with Crippen LogP contribution in [0.4, 0.5) is 0 Å². The van der Waals surface area contributed by atoms with Crippen molar-refractivity contribution in [3.05, 3.63) is 11.8 Å². The molecule has 3 rings (SSSR count). The Morgan fingerprint density at radius 3 is 2.50 bits per heavy atom. The Hall–Kier alpha value is -1.31. The molecule has 0 aromatic carbocycles. The average molecular weight is 406 g/mol. The fourth-order valence-electron chi connectivity index (χ4n) is 3.91. The summed E-state index contributed by atoms with van der Waals surface area (Å²) in [6.45, 7) is 1.08. The van der Waals surface area contributed by atoms with E-state index in [9.17, 15) is 30.3 Å². The third-order valence-electron chi connectivity index (χ3n) is 5.41. The van der Waals surface area contributed by atoms with Gasteiger partial charge in [-0.15, -0.1) is 0 Å². The summed E-state index contributed by atoms with van der Waals surface area (Å²) >= 11 is 0. The molecule has 0 aliphatic carbocycles. The van der Waals surface area contributed by atoms with Crippen LogP contribution in [0.15, 0.2) is 11.8 Å². The molecule has 11 nitrogen and oxygen atoms in total. The van der Waals surface area contributed by atoms with Gasteiger partial charge in [0.25, 0.3) is 0 Å². The Kier molecular flexibility index (Phi) is 6.57. The molecule has 160 valence electrons. The van der Waals surface area contributed by atoms with E-state index in [1.54, 1.807) is 6.92 Å². The number of esters is 1. The summed E-state index contributed by atoms with van der Waals surface area (Å²) in [5.74, 6) is -1.67. The van der Waals surface area contributed by atoms with Crippen LogP contribution in [-0.4, -0.2) is 94.6 Å². The number of carbonyl (C=O) groups excluding carboxylic acids is 1. The Balaban J connectivity index is 1.81. The van der Waals surface area contributed by atoms with E-state index in [1.165, 1.54) is 13.4 Å². The van der Waals surface area contributed by atoms with Gasteiger partial charge in [-0.1, -0.05) is 0 Å². The van der Waals surface area contributed by atoms with Gasteiger partial charge in [0.05, 0.1) is 37.6 Å². The molecule has 3 aliphatic rings. The molecule has 10 atom stereocenters. The van der Waals surface area contributed by atoms with Crippen LogP contribution in [-0.2, 0) is 28.5 Å². The van der Waals surface area contributed by atoms with Gasteiger partial charge in [-0.05, 0) is 6.92 Å². The maximum atomic E-state index is 12.1. The number of aliphatic hydroxyl groups excluding tert-OH is 5. The summed E-state index contributed by atoms with van der Waals surface area (Å²) in [7, 11) is 1.23. The van der Waals surface area contributed by atoms with Gasteiger partial charge in [-0.2, -0.15) is 0 Å². The van der Waals surface area contributed by atoms with E-state index in [1.807, 2.05) is 0 Å². The second-order valence-corrected chi connectivity index (χ2v) is 7.12. The summed E-state index contributed by atoms with van der Waals surface area (Å²) in [4.78, 5) is 12.1. The molecule has 0 radical (unpaired) electrons. The first-order valence-electron chi connectivity index (χ1n) is 9.01. The van der Waals surface area contributed by atoms with Gasteiger partial charge in [0, 0.05) is 12.3 Å². The summed E-state index contributed by atoms with van der Waals surface area (Å²) in [5.41, 5.74) is 0.218. The van der Waals surface area contributed by atoms with Crippen molar-refractivity contribution in [1.29, 1.82) is 0 Å². The molecule has 2 saturated heterocycles. The largest absolute Gasteiger partial charge is 0.471 e. The van der Waals surface area contributed by atoms with Gasteiger partial charge in [0.15, 0.2) is 12.6 Å². The molecule has 5 N–H and O–H groups in total. The zero-order valence-corrected chi connectivity index (χ0v) is 15.5. The minimum absolute atomic E-state index is 0.105. The lowest BCUT2D eigenvalue weighted by molar-refractivity contribution is -0.352. The monoisotopic (exact) mass is 406 g/mol. The van der Waals surface area contributed by atoms with Crippen LogP contribution in [0.1, 0.15) is 13.3 Å². The molecule has 0 spiro atoms. The Morgan fingerprint density at radius 2 is 1.86 bits per heavy atom. The zero-order chi connectivity index (χ0) is 20.6. The van der Waals surface area contributed by atoms with E-state index in [0.29, 0.717) is 0 Å². The molecule has 3 aliphatic heterocycles. The summed E-state index contributed by atoms with van der Waals surface area (Å²) in [6, 6.07) is 0. The molecular weight excluding hydrogens is 380 g/mol. The first-order valence-corrected chi connectivity index (χ1v) is 9.01. The van der Waals surface area contributed by atoms with Crippen molar-refractivity contribution in [3.8, 4) is 0 Å². The second kappa shape index (κ2) is 8.59. The van der Waals surface area contributed by atoms with Crippen molar-refractivity contribution in [2.45, 2.75) is 62.7 Å². The standard InChI is InChI=1S/C17H26O11/c1-6-11-7(3-10(19)26-6)8(15(23)24-2)5-25-16(11)28-17-14(22)13(21)12(20)9(4-18)27-17/h5-7,9-14,16-22H,3-4H2,1-2H3/t6-,7?,9+,10?,11?,12+,13-,14+,16-,17-/m0/s1.